The maximum atomic E-state index is 13.1. The molecular weight excluding hydrogens is 288 g/mol. The molecule has 4 nitrogen and oxygen atoms in total. The average molecular weight is 325 g/mol. The van der Waals surface area contributed by atoms with Gasteiger partial charge in [-0.15, -0.1) is 0 Å². The maximum absolute atomic E-state index is 13.1. The number of carbonyl (C=O) groups is 1. The number of ketones is 1. The molecule has 0 N–H and O–H groups in total. The van der Waals surface area contributed by atoms with E-state index in [-0.39, 0.29) is 5.41 Å². The van der Waals surface area contributed by atoms with Crippen molar-refractivity contribution in [2.75, 3.05) is 45.9 Å². The fourth-order valence-corrected chi connectivity index (χ4v) is 3.87. The van der Waals surface area contributed by atoms with Gasteiger partial charge in [-0.25, -0.2) is 0 Å². The Morgan fingerprint density at radius 1 is 1.04 bits per heavy atom. The number of likely N-dealkylation sites (tertiary alicyclic amines) is 1. The summed E-state index contributed by atoms with van der Waals surface area (Å²) in [4.78, 5) is 18.1. The number of carbonyl (C=O) groups excluding carboxylic acids is 1. The van der Waals surface area contributed by atoms with Gasteiger partial charge < -0.3 is 9.64 Å². The van der Waals surface area contributed by atoms with Crippen LogP contribution in [0.15, 0.2) is 0 Å². The van der Waals surface area contributed by atoms with Gasteiger partial charge in [0.1, 0.15) is 5.78 Å². The van der Waals surface area contributed by atoms with Gasteiger partial charge in [0.15, 0.2) is 0 Å². The van der Waals surface area contributed by atoms with E-state index in [1.165, 1.54) is 0 Å². The number of rotatable bonds is 7. The number of Topliss-reactive ketones (excluding diaryl/α,β-unsaturated/α-hetero) is 1. The van der Waals surface area contributed by atoms with Crippen molar-refractivity contribution < 1.29 is 9.53 Å². The Labute approximate surface area is 142 Å². The third-order valence-corrected chi connectivity index (χ3v) is 5.66. The van der Waals surface area contributed by atoms with Crippen LogP contribution in [0.4, 0.5) is 0 Å². The average Bonchev–Trinajstić information content (AvgIpc) is 2.54. The highest BCUT2D eigenvalue weighted by atomic mass is 16.5. The van der Waals surface area contributed by atoms with E-state index in [9.17, 15) is 4.79 Å². The second kappa shape index (κ2) is 8.59. The van der Waals surface area contributed by atoms with Crippen LogP contribution >= 0.6 is 0 Å². The molecule has 2 aliphatic rings. The van der Waals surface area contributed by atoms with E-state index in [4.69, 9.17) is 4.74 Å². The maximum Gasteiger partial charge on any atom is 0.140 e. The van der Waals surface area contributed by atoms with Gasteiger partial charge in [-0.05, 0) is 52.1 Å². The molecule has 2 heterocycles. The van der Waals surface area contributed by atoms with E-state index >= 15 is 0 Å². The van der Waals surface area contributed by atoms with E-state index in [1.54, 1.807) is 0 Å². The number of hydrogen-bond donors (Lipinski definition) is 0. The van der Waals surface area contributed by atoms with Crippen LogP contribution in [-0.2, 0) is 9.53 Å². The van der Waals surface area contributed by atoms with Gasteiger partial charge in [0.05, 0.1) is 13.2 Å². The van der Waals surface area contributed by atoms with E-state index in [1.807, 2.05) is 0 Å². The zero-order valence-corrected chi connectivity index (χ0v) is 15.6. The lowest BCUT2D eigenvalue weighted by Crippen LogP contribution is -2.53. The predicted molar refractivity (Wildman–Crippen MR) is 94.7 cm³/mol. The standard InChI is InChI=1S/C19H36N2O2/c1-16(2)5-6-18(22)19(15-20-11-13-23-14-12-20)7-9-21(10-8-19)17(3)4/h16-17H,5-15H2,1-4H3. The Hall–Kier alpha value is -0.450. The summed E-state index contributed by atoms with van der Waals surface area (Å²) in [6.45, 7) is 15.6. The number of morpholine rings is 1. The highest BCUT2D eigenvalue weighted by Gasteiger charge is 2.42. The predicted octanol–water partition coefficient (Wildman–Crippen LogP) is 2.81. The Balaban J connectivity index is 2.02. The summed E-state index contributed by atoms with van der Waals surface area (Å²) >= 11 is 0. The van der Waals surface area contributed by atoms with Crippen molar-refractivity contribution in [1.29, 1.82) is 0 Å². The quantitative estimate of drug-likeness (QED) is 0.721. The van der Waals surface area contributed by atoms with Crippen LogP contribution in [0, 0.1) is 11.3 Å². The monoisotopic (exact) mass is 324 g/mol. The van der Waals surface area contributed by atoms with Crippen LogP contribution in [0.3, 0.4) is 0 Å². The molecule has 23 heavy (non-hydrogen) atoms. The molecule has 2 rings (SSSR count). The minimum atomic E-state index is -0.113. The molecule has 2 saturated heterocycles. The molecule has 0 aliphatic carbocycles. The molecule has 134 valence electrons. The molecule has 0 aromatic rings. The molecule has 0 atom stereocenters. The minimum absolute atomic E-state index is 0.113. The first-order valence-corrected chi connectivity index (χ1v) is 9.50. The lowest BCUT2D eigenvalue weighted by atomic mass is 9.72. The van der Waals surface area contributed by atoms with Crippen molar-refractivity contribution in [2.24, 2.45) is 11.3 Å². The van der Waals surface area contributed by atoms with Gasteiger partial charge >= 0.3 is 0 Å². The van der Waals surface area contributed by atoms with Crippen molar-refractivity contribution in [1.82, 2.24) is 9.80 Å². The fourth-order valence-electron chi connectivity index (χ4n) is 3.87. The third kappa shape index (κ3) is 5.27. The van der Waals surface area contributed by atoms with Crippen LogP contribution in [-0.4, -0.2) is 67.6 Å². The molecular formula is C19H36N2O2. The first-order chi connectivity index (χ1) is 10.9. The normalized spacial score (nSPS) is 23.6. The first kappa shape index (κ1) is 18.9. The third-order valence-electron chi connectivity index (χ3n) is 5.66. The summed E-state index contributed by atoms with van der Waals surface area (Å²) < 4.78 is 5.47. The Kier molecular flexibility index (Phi) is 7.05. The molecule has 4 heteroatoms. The Bertz CT molecular complexity index is 368. The largest absolute Gasteiger partial charge is 0.379 e. The van der Waals surface area contributed by atoms with Crippen molar-refractivity contribution in [3.8, 4) is 0 Å². The van der Waals surface area contributed by atoms with E-state index < -0.39 is 0 Å². The minimum Gasteiger partial charge on any atom is -0.379 e. The van der Waals surface area contributed by atoms with E-state index in [2.05, 4.69) is 37.5 Å². The SMILES string of the molecule is CC(C)CCC(=O)C1(CN2CCOCC2)CCN(C(C)C)CC1. The summed E-state index contributed by atoms with van der Waals surface area (Å²) in [6.07, 6.45) is 3.83. The Morgan fingerprint density at radius 2 is 1.65 bits per heavy atom. The summed E-state index contributed by atoms with van der Waals surface area (Å²) in [5.41, 5.74) is -0.113. The van der Waals surface area contributed by atoms with Crippen LogP contribution in [0.1, 0.15) is 53.4 Å². The highest BCUT2D eigenvalue weighted by molar-refractivity contribution is 5.85. The van der Waals surface area contributed by atoms with Crippen LogP contribution in [0.5, 0.6) is 0 Å². The van der Waals surface area contributed by atoms with Crippen LogP contribution in [0.2, 0.25) is 0 Å². The van der Waals surface area contributed by atoms with E-state index in [0.29, 0.717) is 17.7 Å². The van der Waals surface area contributed by atoms with Crippen molar-refractivity contribution in [3.05, 3.63) is 0 Å². The number of piperidine rings is 1. The lowest BCUT2D eigenvalue weighted by Gasteiger charge is -2.45. The zero-order valence-electron chi connectivity index (χ0n) is 15.6. The second-order valence-corrected chi connectivity index (χ2v) is 8.15. The molecule has 0 spiro atoms. The van der Waals surface area contributed by atoms with Crippen molar-refractivity contribution in [2.45, 2.75) is 59.4 Å². The van der Waals surface area contributed by atoms with Gasteiger partial charge in [-0.2, -0.15) is 0 Å². The molecule has 0 aromatic heterocycles. The van der Waals surface area contributed by atoms with Crippen molar-refractivity contribution >= 4 is 5.78 Å². The van der Waals surface area contributed by atoms with Gasteiger partial charge in [0, 0.05) is 37.5 Å². The zero-order chi connectivity index (χ0) is 16.9. The molecule has 2 aliphatic heterocycles. The molecule has 0 saturated carbocycles. The first-order valence-electron chi connectivity index (χ1n) is 9.50. The van der Waals surface area contributed by atoms with Crippen molar-refractivity contribution in [3.63, 3.8) is 0 Å². The lowest BCUT2D eigenvalue weighted by molar-refractivity contribution is -0.134. The topological polar surface area (TPSA) is 32.8 Å². The molecule has 0 aromatic carbocycles. The second-order valence-electron chi connectivity index (χ2n) is 8.15. The molecule has 2 fully saturated rings. The van der Waals surface area contributed by atoms with Crippen LogP contribution in [0.25, 0.3) is 0 Å². The van der Waals surface area contributed by atoms with E-state index in [0.717, 1.165) is 71.6 Å². The highest BCUT2D eigenvalue weighted by Crippen LogP contribution is 2.36. The number of nitrogens with zero attached hydrogens (tertiary/aromatic N) is 2. The van der Waals surface area contributed by atoms with Gasteiger partial charge in [0.2, 0.25) is 0 Å². The summed E-state index contributed by atoms with van der Waals surface area (Å²) in [5, 5.41) is 0. The summed E-state index contributed by atoms with van der Waals surface area (Å²) in [7, 11) is 0. The van der Waals surface area contributed by atoms with Gasteiger partial charge in [-0.3, -0.25) is 9.69 Å². The Morgan fingerprint density at radius 3 is 2.17 bits per heavy atom. The number of ether oxygens (including phenoxy) is 1. The molecule has 0 amide bonds. The molecule has 0 unspecified atom stereocenters. The van der Waals surface area contributed by atoms with Crippen LogP contribution < -0.4 is 0 Å². The number of hydrogen-bond acceptors (Lipinski definition) is 4. The molecule has 0 radical (unpaired) electrons. The summed E-state index contributed by atoms with van der Waals surface area (Å²) in [6, 6.07) is 0.585. The molecule has 0 bridgehead atoms. The fraction of sp³-hybridized carbons (Fsp3) is 0.947. The van der Waals surface area contributed by atoms with Gasteiger partial charge in [0.25, 0.3) is 0 Å². The summed E-state index contributed by atoms with van der Waals surface area (Å²) in [5.74, 6) is 1.12. The smallest absolute Gasteiger partial charge is 0.140 e. The van der Waals surface area contributed by atoms with Gasteiger partial charge in [-0.1, -0.05) is 13.8 Å².